The number of aromatic amines is 1. The van der Waals surface area contributed by atoms with Gasteiger partial charge in [-0.2, -0.15) is 9.67 Å². The standard InChI is InChI=1S/C9H13N6O8P/c10-9-11-6-3(7(18)12-9)13-14-15(6)8-5(17)4(16)2(23-8)1-22-24(19,20)21/h2,4-5,8,16-17H,1H2,(H2,19,20,21)(H3,10,11,12,18)/t2-,4?,5?,8-/m1/s1. The zero-order chi connectivity index (χ0) is 17.6. The minimum atomic E-state index is -4.78. The monoisotopic (exact) mass is 364 g/mol. The van der Waals surface area contributed by atoms with E-state index in [4.69, 9.17) is 20.3 Å². The smallest absolute Gasteiger partial charge is 0.387 e. The molecule has 1 aliphatic heterocycles. The molecule has 7 N–H and O–H groups in total. The van der Waals surface area contributed by atoms with Gasteiger partial charge in [0.05, 0.1) is 6.61 Å². The number of nitrogens with zero attached hydrogens (tertiary/aromatic N) is 4. The van der Waals surface area contributed by atoms with Gasteiger partial charge in [0, 0.05) is 0 Å². The number of nitrogens with two attached hydrogens (primary N) is 1. The lowest BCUT2D eigenvalue weighted by atomic mass is 10.1. The van der Waals surface area contributed by atoms with Crippen molar-refractivity contribution in [3.8, 4) is 0 Å². The van der Waals surface area contributed by atoms with E-state index in [9.17, 15) is 19.6 Å². The molecule has 14 nitrogen and oxygen atoms in total. The van der Waals surface area contributed by atoms with Gasteiger partial charge < -0.3 is 30.5 Å². The van der Waals surface area contributed by atoms with Crippen LogP contribution in [0.25, 0.3) is 11.2 Å². The van der Waals surface area contributed by atoms with Gasteiger partial charge in [-0.3, -0.25) is 14.3 Å². The summed E-state index contributed by atoms with van der Waals surface area (Å²) >= 11 is 0. The first kappa shape index (κ1) is 16.9. The van der Waals surface area contributed by atoms with E-state index in [0.29, 0.717) is 0 Å². The predicted octanol–water partition coefficient (Wildman–Crippen LogP) is -3.17. The molecule has 0 amide bonds. The van der Waals surface area contributed by atoms with E-state index >= 15 is 0 Å². The molecular formula is C9H13N6O8P. The van der Waals surface area contributed by atoms with Gasteiger partial charge in [0.25, 0.3) is 5.56 Å². The molecule has 3 rings (SSSR count). The van der Waals surface area contributed by atoms with Gasteiger partial charge in [-0.1, -0.05) is 5.21 Å². The SMILES string of the molecule is Nc1nc2c(nnn2[C@@H]2O[C@H](COP(=O)(O)O)C(O)C2O)c(=O)[nH]1. The van der Waals surface area contributed by atoms with E-state index in [1.807, 2.05) is 0 Å². The molecule has 4 atom stereocenters. The summed E-state index contributed by atoms with van der Waals surface area (Å²) in [4.78, 5) is 35.1. The van der Waals surface area contributed by atoms with Gasteiger partial charge in [0.2, 0.25) is 5.95 Å². The molecule has 1 fully saturated rings. The number of H-pyrrole nitrogens is 1. The molecular weight excluding hydrogens is 351 g/mol. The number of phosphoric ester groups is 1. The zero-order valence-corrected chi connectivity index (χ0v) is 12.6. The Bertz CT molecular complexity index is 861. The highest BCUT2D eigenvalue weighted by Gasteiger charge is 2.45. The van der Waals surface area contributed by atoms with Crippen molar-refractivity contribution >= 4 is 24.9 Å². The van der Waals surface area contributed by atoms with Crippen LogP contribution in [0.1, 0.15) is 6.23 Å². The first-order chi connectivity index (χ1) is 11.2. The number of anilines is 1. The molecule has 0 bridgehead atoms. The van der Waals surface area contributed by atoms with Crippen LogP contribution in [-0.4, -0.2) is 69.9 Å². The van der Waals surface area contributed by atoms with Crippen molar-refractivity contribution in [2.24, 2.45) is 0 Å². The lowest BCUT2D eigenvalue weighted by Crippen LogP contribution is -2.33. The van der Waals surface area contributed by atoms with Gasteiger partial charge in [-0.15, -0.1) is 5.10 Å². The van der Waals surface area contributed by atoms with Gasteiger partial charge in [-0.05, 0) is 0 Å². The third kappa shape index (κ3) is 3.03. The second-order valence-electron chi connectivity index (χ2n) is 4.99. The molecule has 15 heteroatoms. The number of fused-ring (bicyclic) bond motifs is 1. The Kier molecular flexibility index (Phi) is 4.13. The molecule has 0 spiro atoms. The van der Waals surface area contributed by atoms with Crippen LogP contribution in [0.2, 0.25) is 0 Å². The molecule has 0 aliphatic carbocycles. The number of hydrogen-bond acceptors (Lipinski definition) is 10. The number of rotatable bonds is 4. The summed E-state index contributed by atoms with van der Waals surface area (Å²) in [5, 5.41) is 27.2. The molecule has 2 aromatic rings. The Labute approximate surface area is 132 Å². The molecule has 1 aliphatic rings. The summed E-state index contributed by atoms with van der Waals surface area (Å²) < 4.78 is 21.2. The fourth-order valence-electron chi connectivity index (χ4n) is 2.27. The molecule has 1 saturated heterocycles. The average molecular weight is 364 g/mol. The molecule has 2 unspecified atom stereocenters. The van der Waals surface area contributed by atoms with Crippen LogP contribution < -0.4 is 11.3 Å². The van der Waals surface area contributed by atoms with Crippen molar-refractivity contribution in [1.82, 2.24) is 25.0 Å². The summed E-state index contributed by atoms with van der Waals surface area (Å²) in [6.07, 6.45) is -5.64. The first-order valence-electron chi connectivity index (χ1n) is 6.50. The van der Waals surface area contributed by atoms with E-state index in [-0.39, 0.29) is 17.1 Å². The Hall–Kier alpha value is -1.93. The number of ether oxygens (including phenoxy) is 1. The van der Waals surface area contributed by atoms with Crippen LogP contribution in [-0.2, 0) is 13.8 Å². The molecule has 0 saturated carbocycles. The maximum atomic E-state index is 11.7. The van der Waals surface area contributed by atoms with E-state index in [1.54, 1.807) is 0 Å². The quantitative estimate of drug-likeness (QED) is 0.296. The van der Waals surface area contributed by atoms with Crippen molar-refractivity contribution in [2.45, 2.75) is 24.5 Å². The van der Waals surface area contributed by atoms with Crippen molar-refractivity contribution in [3.63, 3.8) is 0 Å². The largest absolute Gasteiger partial charge is 0.469 e. The van der Waals surface area contributed by atoms with Crippen LogP contribution >= 0.6 is 7.82 Å². The van der Waals surface area contributed by atoms with Crippen molar-refractivity contribution < 1.29 is 33.8 Å². The topological polar surface area (TPSA) is 219 Å². The second kappa shape index (κ2) is 5.86. The van der Waals surface area contributed by atoms with Crippen LogP contribution in [0.3, 0.4) is 0 Å². The third-order valence-corrected chi connectivity index (χ3v) is 3.82. The van der Waals surface area contributed by atoms with E-state index < -0.39 is 44.5 Å². The number of nitrogen functional groups attached to an aromatic ring is 1. The molecule has 24 heavy (non-hydrogen) atoms. The summed E-state index contributed by atoms with van der Waals surface area (Å²) in [7, 11) is -4.78. The number of aliphatic hydroxyl groups is 2. The lowest BCUT2D eigenvalue weighted by Gasteiger charge is -2.14. The highest BCUT2D eigenvalue weighted by atomic mass is 31.2. The van der Waals surface area contributed by atoms with Gasteiger partial charge in [0.1, 0.15) is 18.3 Å². The van der Waals surface area contributed by atoms with E-state index in [2.05, 4.69) is 24.8 Å². The van der Waals surface area contributed by atoms with Crippen molar-refractivity contribution in [3.05, 3.63) is 10.4 Å². The minimum Gasteiger partial charge on any atom is -0.387 e. The number of aromatic nitrogens is 5. The number of phosphoric acid groups is 1. The summed E-state index contributed by atoms with van der Waals surface area (Å²) in [5.41, 5.74) is 4.53. The fourth-order valence-corrected chi connectivity index (χ4v) is 2.61. The molecule has 3 heterocycles. The third-order valence-electron chi connectivity index (χ3n) is 3.34. The van der Waals surface area contributed by atoms with E-state index in [1.165, 1.54) is 0 Å². The predicted molar refractivity (Wildman–Crippen MR) is 74.3 cm³/mol. The number of nitrogens with one attached hydrogen (secondary N) is 1. The lowest BCUT2D eigenvalue weighted by molar-refractivity contribution is -0.0567. The molecule has 0 aromatic carbocycles. The second-order valence-corrected chi connectivity index (χ2v) is 6.23. The van der Waals surface area contributed by atoms with Gasteiger partial charge in [-0.25, -0.2) is 4.57 Å². The van der Waals surface area contributed by atoms with Crippen LogP contribution in [0, 0.1) is 0 Å². The maximum absolute atomic E-state index is 11.7. The Morgan fingerprint density at radius 1 is 1.38 bits per heavy atom. The van der Waals surface area contributed by atoms with Crippen LogP contribution in [0.4, 0.5) is 5.95 Å². The van der Waals surface area contributed by atoms with Gasteiger partial charge >= 0.3 is 7.82 Å². The molecule has 0 radical (unpaired) electrons. The normalized spacial score (nSPS) is 27.8. The fraction of sp³-hybridized carbons (Fsp3) is 0.556. The van der Waals surface area contributed by atoms with Crippen molar-refractivity contribution in [1.29, 1.82) is 0 Å². The van der Waals surface area contributed by atoms with Gasteiger partial charge in [0.15, 0.2) is 17.4 Å². The summed E-state index contributed by atoms with van der Waals surface area (Å²) in [6.45, 7) is -0.679. The number of hydrogen-bond donors (Lipinski definition) is 6. The Morgan fingerprint density at radius 2 is 2.08 bits per heavy atom. The maximum Gasteiger partial charge on any atom is 0.469 e. The number of aliphatic hydroxyl groups excluding tert-OH is 2. The van der Waals surface area contributed by atoms with Crippen LogP contribution in [0.15, 0.2) is 4.79 Å². The Morgan fingerprint density at radius 3 is 2.75 bits per heavy atom. The van der Waals surface area contributed by atoms with Crippen molar-refractivity contribution in [2.75, 3.05) is 12.3 Å². The van der Waals surface area contributed by atoms with E-state index in [0.717, 1.165) is 4.68 Å². The Balaban J connectivity index is 1.90. The average Bonchev–Trinajstić information content (AvgIpc) is 3.00. The molecule has 2 aromatic heterocycles. The zero-order valence-electron chi connectivity index (χ0n) is 11.8. The summed E-state index contributed by atoms with van der Waals surface area (Å²) in [5.74, 6) is -0.217. The first-order valence-corrected chi connectivity index (χ1v) is 8.03. The summed E-state index contributed by atoms with van der Waals surface area (Å²) in [6, 6.07) is 0. The minimum absolute atomic E-state index is 0.0935. The highest BCUT2D eigenvalue weighted by Crippen LogP contribution is 2.38. The molecule has 132 valence electrons. The van der Waals surface area contributed by atoms with Crippen LogP contribution in [0.5, 0.6) is 0 Å². The highest BCUT2D eigenvalue weighted by molar-refractivity contribution is 7.46.